The first-order chi connectivity index (χ1) is 13.6. The van der Waals surface area contributed by atoms with Crippen LogP contribution in [0.4, 0.5) is 5.69 Å². The van der Waals surface area contributed by atoms with Crippen molar-refractivity contribution in [2.75, 3.05) is 18.4 Å². The lowest BCUT2D eigenvalue weighted by atomic mass is 10.1. The first-order valence-corrected chi connectivity index (χ1v) is 9.94. The quantitative estimate of drug-likeness (QED) is 0.272. The van der Waals surface area contributed by atoms with Crippen molar-refractivity contribution in [1.82, 2.24) is 15.6 Å². The lowest BCUT2D eigenvalue weighted by Crippen LogP contribution is -2.38. The van der Waals surface area contributed by atoms with Crippen LogP contribution in [0.2, 0.25) is 0 Å². The minimum Gasteiger partial charge on any atom is -0.357 e. The number of hydrogen-bond donors (Lipinski definition) is 3. The van der Waals surface area contributed by atoms with E-state index in [1.165, 1.54) is 0 Å². The third-order valence-electron chi connectivity index (χ3n) is 4.42. The topological polar surface area (TPSA) is 78.4 Å². The molecular formula is C22H32IN5O. The normalized spacial score (nSPS) is 11.9. The van der Waals surface area contributed by atoms with E-state index < -0.39 is 0 Å². The first-order valence-electron chi connectivity index (χ1n) is 9.94. The molecule has 0 saturated carbocycles. The van der Waals surface area contributed by atoms with E-state index in [2.05, 4.69) is 25.9 Å². The maximum atomic E-state index is 12.1. The fourth-order valence-electron chi connectivity index (χ4n) is 2.57. The van der Waals surface area contributed by atoms with Crippen LogP contribution in [0.15, 0.2) is 53.7 Å². The molecule has 0 fully saturated rings. The molecule has 158 valence electrons. The van der Waals surface area contributed by atoms with Gasteiger partial charge in [0.1, 0.15) is 0 Å². The number of nitrogens with zero attached hydrogens (tertiary/aromatic N) is 2. The number of hydrogen-bond acceptors (Lipinski definition) is 3. The fraction of sp³-hybridized carbons (Fsp3) is 0.409. The summed E-state index contributed by atoms with van der Waals surface area (Å²) in [5, 5.41) is 9.57. The van der Waals surface area contributed by atoms with Gasteiger partial charge in [0, 0.05) is 43.0 Å². The molecule has 1 amide bonds. The molecule has 2 rings (SSSR count). The van der Waals surface area contributed by atoms with Gasteiger partial charge in [-0.25, -0.2) is 4.99 Å². The Morgan fingerprint density at radius 3 is 2.66 bits per heavy atom. The highest BCUT2D eigenvalue weighted by atomic mass is 127. The van der Waals surface area contributed by atoms with Crippen LogP contribution in [-0.4, -0.2) is 29.9 Å². The van der Waals surface area contributed by atoms with Crippen LogP contribution in [0, 0.1) is 5.92 Å². The number of halogens is 1. The van der Waals surface area contributed by atoms with Gasteiger partial charge in [0.2, 0.25) is 5.91 Å². The predicted octanol–water partition coefficient (Wildman–Crippen LogP) is 3.98. The molecule has 2 aromatic rings. The molecular weight excluding hydrogens is 477 g/mol. The molecule has 0 bridgehead atoms. The summed E-state index contributed by atoms with van der Waals surface area (Å²) in [6.07, 6.45) is 3.47. The molecule has 6 nitrogen and oxygen atoms in total. The Balaban J connectivity index is 0.00000420. The zero-order valence-electron chi connectivity index (χ0n) is 17.4. The van der Waals surface area contributed by atoms with Crippen LogP contribution in [0.5, 0.6) is 0 Å². The summed E-state index contributed by atoms with van der Waals surface area (Å²) in [7, 11) is 0. The molecule has 0 aliphatic rings. The van der Waals surface area contributed by atoms with Crippen LogP contribution >= 0.6 is 24.0 Å². The number of pyridine rings is 1. The van der Waals surface area contributed by atoms with E-state index in [1.807, 2.05) is 69.4 Å². The molecule has 0 saturated heterocycles. The molecule has 0 aliphatic carbocycles. The third kappa shape index (κ3) is 9.25. The van der Waals surface area contributed by atoms with Crippen molar-refractivity contribution in [3.05, 3.63) is 59.9 Å². The summed E-state index contributed by atoms with van der Waals surface area (Å²) in [6.45, 7) is 8.07. The minimum absolute atomic E-state index is 0. The Kier molecular flexibility index (Phi) is 11.9. The number of aliphatic imine (C=N–C) groups is 1. The van der Waals surface area contributed by atoms with Crippen molar-refractivity contribution in [1.29, 1.82) is 0 Å². The second kappa shape index (κ2) is 13.9. The van der Waals surface area contributed by atoms with Crippen molar-refractivity contribution < 1.29 is 4.79 Å². The number of anilines is 1. The van der Waals surface area contributed by atoms with Crippen molar-refractivity contribution in [2.45, 2.75) is 40.2 Å². The average molecular weight is 509 g/mol. The van der Waals surface area contributed by atoms with E-state index >= 15 is 0 Å². The van der Waals surface area contributed by atoms with Gasteiger partial charge in [-0.1, -0.05) is 32.0 Å². The number of nitrogens with one attached hydrogen (secondary N) is 3. The molecule has 3 N–H and O–H groups in total. The van der Waals surface area contributed by atoms with E-state index in [1.54, 1.807) is 0 Å². The summed E-state index contributed by atoms with van der Waals surface area (Å²) in [5.41, 5.74) is 2.91. The molecule has 29 heavy (non-hydrogen) atoms. The maximum absolute atomic E-state index is 12.1. The first kappa shape index (κ1) is 24.9. The van der Waals surface area contributed by atoms with Crippen molar-refractivity contribution in [2.24, 2.45) is 10.9 Å². The van der Waals surface area contributed by atoms with Gasteiger partial charge in [-0.05, 0) is 43.2 Å². The second-order valence-corrected chi connectivity index (χ2v) is 6.69. The van der Waals surface area contributed by atoms with E-state index in [0.29, 0.717) is 6.54 Å². The molecule has 1 aromatic carbocycles. The smallest absolute Gasteiger partial charge is 0.227 e. The molecule has 1 aromatic heterocycles. The highest BCUT2D eigenvalue weighted by Gasteiger charge is 2.10. The van der Waals surface area contributed by atoms with Gasteiger partial charge in [0.15, 0.2) is 5.96 Å². The highest BCUT2D eigenvalue weighted by molar-refractivity contribution is 14.0. The number of benzene rings is 1. The standard InChI is InChI=1S/C22H31N5O.HI/c1-4-17(3)21(28)27-20-11-8-9-18(15-20)16-26-22(23-5-2)25-14-12-19-10-6-7-13-24-19;/h6-11,13,15,17H,4-5,12,14,16H2,1-3H3,(H,27,28)(H2,23,25,26);1H. The van der Waals surface area contributed by atoms with Crippen molar-refractivity contribution in [3.63, 3.8) is 0 Å². The van der Waals surface area contributed by atoms with Crippen molar-refractivity contribution in [3.8, 4) is 0 Å². The Labute approximate surface area is 191 Å². The van der Waals surface area contributed by atoms with E-state index in [4.69, 9.17) is 0 Å². The number of aromatic nitrogens is 1. The Morgan fingerprint density at radius 2 is 1.97 bits per heavy atom. The molecule has 7 heteroatoms. The number of carbonyl (C=O) groups is 1. The Morgan fingerprint density at radius 1 is 1.14 bits per heavy atom. The van der Waals surface area contributed by atoms with Gasteiger partial charge < -0.3 is 16.0 Å². The molecule has 0 radical (unpaired) electrons. The minimum atomic E-state index is 0. The number of guanidine groups is 1. The summed E-state index contributed by atoms with van der Waals surface area (Å²) in [6, 6.07) is 13.8. The van der Waals surface area contributed by atoms with Gasteiger partial charge in [-0.3, -0.25) is 9.78 Å². The summed E-state index contributed by atoms with van der Waals surface area (Å²) < 4.78 is 0. The van der Waals surface area contributed by atoms with Gasteiger partial charge >= 0.3 is 0 Å². The monoisotopic (exact) mass is 509 g/mol. The van der Waals surface area contributed by atoms with Gasteiger partial charge in [0.05, 0.1) is 6.54 Å². The van der Waals surface area contributed by atoms with Gasteiger partial charge in [-0.15, -0.1) is 24.0 Å². The van der Waals surface area contributed by atoms with Crippen LogP contribution in [0.25, 0.3) is 0 Å². The number of carbonyl (C=O) groups excluding carboxylic acids is 1. The van der Waals surface area contributed by atoms with Crippen LogP contribution in [0.1, 0.15) is 38.4 Å². The highest BCUT2D eigenvalue weighted by Crippen LogP contribution is 2.13. The van der Waals surface area contributed by atoms with Crippen molar-refractivity contribution >= 4 is 41.5 Å². The van der Waals surface area contributed by atoms with Crippen LogP contribution < -0.4 is 16.0 Å². The molecule has 0 aliphatic heterocycles. The Bertz CT molecular complexity index is 767. The molecule has 1 unspecified atom stereocenters. The second-order valence-electron chi connectivity index (χ2n) is 6.69. The van der Waals surface area contributed by atoms with E-state index in [9.17, 15) is 4.79 Å². The van der Waals surface area contributed by atoms with E-state index in [0.717, 1.165) is 48.8 Å². The lowest BCUT2D eigenvalue weighted by molar-refractivity contribution is -0.119. The predicted molar refractivity (Wildman–Crippen MR) is 131 cm³/mol. The maximum Gasteiger partial charge on any atom is 0.227 e. The summed E-state index contributed by atoms with van der Waals surface area (Å²) in [5.74, 6) is 0.825. The number of amides is 1. The zero-order chi connectivity index (χ0) is 20.2. The average Bonchev–Trinajstić information content (AvgIpc) is 2.72. The molecule has 0 spiro atoms. The lowest BCUT2D eigenvalue weighted by Gasteiger charge is -2.12. The Hall–Kier alpha value is -2.16. The van der Waals surface area contributed by atoms with Gasteiger partial charge in [-0.2, -0.15) is 0 Å². The molecule has 1 atom stereocenters. The van der Waals surface area contributed by atoms with E-state index in [-0.39, 0.29) is 35.8 Å². The van der Waals surface area contributed by atoms with Crippen LogP contribution in [-0.2, 0) is 17.8 Å². The molecule has 1 heterocycles. The number of rotatable bonds is 9. The van der Waals surface area contributed by atoms with Crippen LogP contribution in [0.3, 0.4) is 0 Å². The fourth-order valence-corrected chi connectivity index (χ4v) is 2.57. The summed E-state index contributed by atoms with van der Waals surface area (Å²) in [4.78, 5) is 21.1. The SMILES string of the molecule is CCNC(=NCc1cccc(NC(=O)C(C)CC)c1)NCCc1ccccn1.I. The third-order valence-corrected chi connectivity index (χ3v) is 4.42. The largest absolute Gasteiger partial charge is 0.357 e. The zero-order valence-corrected chi connectivity index (χ0v) is 19.8. The van der Waals surface area contributed by atoms with Gasteiger partial charge in [0.25, 0.3) is 0 Å². The summed E-state index contributed by atoms with van der Waals surface area (Å²) >= 11 is 0.